The first-order valence-corrected chi connectivity index (χ1v) is 8.46. The number of rotatable bonds is 5. The summed E-state index contributed by atoms with van der Waals surface area (Å²) in [6, 6.07) is 9.21. The number of sulfonamides is 1. The molecule has 1 aromatic heterocycles. The summed E-state index contributed by atoms with van der Waals surface area (Å²) in [6.45, 7) is 7.93. The smallest absolute Gasteiger partial charge is 0.244 e. The van der Waals surface area contributed by atoms with Gasteiger partial charge in [-0.25, -0.2) is 13.1 Å². The second-order valence-electron chi connectivity index (χ2n) is 5.07. The van der Waals surface area contributed by atoms with E-state index >= 15 is 0 Å². The van der Waals surface area contributed by atoms with E-state index < -0.39 is 10.0 Å². The minimum atomic E-state index is -3.59. The third kappa shape index (κ3) is 3.16. The average Bonchev–Trinajstić information content (AvgIpc) is 2.74. The molecule has 0 aliphatic carbocycles. The zero-order valence-electron chi connectivity index (χ0n) is 12.8. The lowest BCUT2D eigenvalue weighted by atomic mass is 10.1. The summed E-state index contributed by atoms with van der Waals surface area (Å²) in [7, 11) is -3.59. The molecule has 0 saturated carbocycles. The van der Waals surface area contributed by atoms with Gasteiger partial charge < -0.3 is 0 Å². The van der Waals surface area contributed by atoms with E-state index in [1.165, 1.54) is 0 Å². The van der Waals surface area contributed by atoms with Crippen LogP contribution in [0, 0.1) is 13.8 Å². The number of aromatic nitrogens is 2. The van der Waals surface area contributed by atoms with Gasteiger partial charge in [-0.1, -0.05) is 30.3 Å². The van der Waals surface area contributed by atoms with Crippen molar-refractivity contribution in [2.24, 2.45) is 0 Å². The summed E-state index contributed by atoms with van der Waals surface area (Å²) in [5.74, 6) is 0. The van der Waals surface area contributed by atoms with Crippen molar-refractivity contribution < 1.29 is 8.42 Å². The average molecular weight is 307 g/mol. The van der Waals surface area contributed by atoms with E-state index in [0.29, 0.717) is 17.9 Å². The molecule has 6 heteroatoms. The Morgan fingerprint density at radius 1 is 1.24 bits per heavy atom. The highest BCUT2D eigenvalue weighted by molar-refractivity contribution is 7.89. The lowest BCUT2D eigenvalue weighted by Crippen LogP contribution is -2.27. The van der Waals surface area contributed by atoms with Crippen molar-refractivity contribution in [3.8, 4) is 0 Å². The standard InChI is InChI=1S/C15H21N3O2S/c1-5-18-13(4)15(12(3)16-18)21(19,20)17-11(2)14-9-7-6-8-10-14/h6-11,17H,5H2,1-4H3/t11-/m0/s1. The fourth-order valence-electron chi connectivity index (χ4n) is 2.48. The summed E-state index contributed by atoms with van der Waals surface area (Å²) < 4.78 is 29.7. The Kier molecular flexibility index (Phi) is 4.49. The number of hydrogen-bond acceptors (Lipinski definition) is 3. The van der Waals surface area contributed by atoms with Crippen molar-refractivity contribution in [1.29, 1.82) is 0 Å². The maximum absolute atomic E-state index is 12.6. The van der Waals surface area contributed by atoms with Crippen LogP contribution in [-0.4, -0.2) is 18.2 Å². The molecule has 0 amide bonds. The number of hydrogen-bond donors (Lipinski definition) is 1. The molecule has 0 spiro atoms. The Morgan fingerprint density at radius 3 is 2.38 bits per heavy atom. The van der Waals surface area contributed by atoms with E-state index in [1.807, 2.05) is 44.2 Å². The molecule has 1 heterocycles. The van der Waals surface area contributed by atoms with Crippen LogP contribution in [0.25, 0.3) is 0 Å². The van der Waals surface area contributed by atoms with Crippen LogP contribution in [0.5, 0.6) is 0 Å². The highest BCUT2D eigenvalue weighted by Crippen LogP contribution is 2.22. The molecular weight excluding hydrogens is 286 g/mol. The summed E-state index contributed by atoms with van der Waals surface area (Å²) in [4.78, 5) is 0.284. The zero-order valence-corrected chi connectivity index (χ0v) is 13.6. The Labute approximate surface area is 126 Å². The van der Waals surface area contributed by atoms with Gasteiger partial charge in [-0.15, -0.1) is 0 Å². The lowest BCUT2D eigenvalue weighted by Gasteiger charge is -2.15. The highest BCUT2D eigenvalue weighted by Gasteiger charge is 2.26. The third-order valence-corrected chi connectivity index (χ3v) is 5.31. The molecule has 0 aliphatic rings. The number of nitrogens with one attached hydrogen (secondary N) is 1. The molecule has 2 rings (SSSR count). The Morgan fingerprint density at radius 2 is 1.86 bits per heavy atom. The minimum absolute atomic E-state index is 0.284. The van der Waals surface area contributed by atoms with Gasteiger partial charge in [-0.2, -0.15) is 5.10 Å². The number of benzene rings is 1. The molecule has 0 aliphatic heterocycles. The van der Waals surface area contributed by atoms with E-state index in [2.05, 4.69) is 9.82 Å². The minimum Gasteiger partial charge on any atom is -0.268 e. The molecule has 0 fully saturated rings. The monoisotopic (exact) mass is 307 g/mol. The summed E-state index contributed by atoms with van der Waals surface area (Å²) >= 11 is 0. The molecular formula is C15H21N3O2S. The van der Waals surface area contributed by atoms with Gasteiger partial charge in [-0.3, -0.25) is 4.68 Å². The van der Waals surface area contributed by atoms with Gasteiger partial charge in [0.15, 0.2) is 0 Å². The van der Waals surface area contributed by atoms with Gasteiger partial charge in [0, 0.05) is 12.6 Å². The first-order valence-electron chi connectivity index (χ1n) is 6.98. The molecule has 0 bridgehead atoms. The van der Waals surface area contributed by atoms with Crippen molar-refractivity contribution >= 4 is 10.0 Å². The van der Waals surface area contributed by atoms with Gasteiger partial charge in [0.2, 0.25) is 10.0 Å². The van der Waals surface area contributed by atoms with Crippen molar-refractivity contribution in [3.05, 3.63) is 47.3 Å². The first-order chi connectivity index (χ1) is 9.86. The topological polar surface area (TPSA) is 64.0 Å². The molecule has 21 heavy (non-hydrogen) atoms. The van der Waals surface area contributed by atoms with Gasteiger partial charge in [0.25, 0.3) is 0 Å². The van der Waals surface area contributed by atoms with Crippen LogP contribution < -0.4 is 4.72 Å². The Hall–Kier alpha value is -1.66. The number of aryl methyl sites for hydroxylation is 2. The maximum Gasteiger partial charge on any atom is 0.244 e. The van der Waals surface area contributed by atoms with E-state index in [4.69, 9.17) is 0 Å². The molecule has 0 unspecified atom stereocenters. The molecule has 1 aromatic carbocycles. The summed E-state index contributed by atoms with van der Waals surface area (Å²) in [6.07, 6.45) is 0. The van der Waals surface area contributed by atoms with Crippen LogP contribution in [0.3, 0.4) is 0 Å². The van der Waals surface area contributed by atoms with Crippen LogP contribution in [0.1, 0.15) is 36.8 Å². The lowest BCUT2D eigenvalue weighted by molar-refractivity contribution is 0.565. The van der Waals surface area contributed by atoms with E-state index in [9.17, 15) is 8.42 Å². The second kappa shape index (κ2) is 5.99. The zero-order chi connectivity index (χ0) is 15.6. The molecule has 114 valence electrons. The Bertz CT molecular complexity index is 721. The van der Waals surface area contributed by atoms with Gasteiger partial charge in [0.1, 0.15) is 4.90 Å². The van der Waals surface area contributed by atoms with Crippen molar-refractivity contribution in [3.63, 3.8) is 0 Å². The molecule has 0 saturated heterocycles. The van der Waals surface area contributed by atoms with Crippen LogP contribution >= 0.6 is 0 Å². The van der Waals surface area contributed by atoms with Crippen molar-refractivity contribution in [2.75, 3.05) is 0 Å². The predicted molar refractivity (Wildman–Crippen MR) is 82.6 cm³/mol. The van der Waals surface area contributed by atoms with Crippen LogP contribution in [0.4, 0.5) is 0 Å². The van der Waals surface area contributed by atoms with Crippen molar-refractivity contribution in [2.45, 2.75) is 45.2 Å². The fourth-order valence-corrected chi connectivity index (χ4v) is 4.12. The highest BCUT2D eigenvalue weighted by atomic mass is 32.2. The van der Waals surface area contributed by atoms with Gasteiger partial charge >= 0.3 is 0 Å². The third-order valence-electron chi connectivity index (χ3n) is 3.51. The molecule has 5 nitrogen and oxygen atoms in total. The largest absolute Gasteiger partial charge is 0.268 e. The second-order valence-corrected chi connectivity index (χ2v) is 6.72. The van der Waals surface area contributed by atoms with Gasteiger partial charge in [0.05, 0.1) is 11.4 Å². The first kappa shape index (κ1) is 15.7. The SMILES string of the molecule is CCn1nc(C)c(S(=O)(=O)N[C@@H](C)c2ccccc2)c1C. The molecule has 1 atom stereocenters. The molecule has 0 radical (unpaired) electrons. The summed E-state index contributed by atoms with van der Waals surface area (Å²) in [5.41, 5.74) is 2.13. The molecule has 1 N–H and O–H groups in total. The number of nitrogens with zero attached hydrogens (tertiary/aromatic N) is 2. The van der Waals surface area contributed by atoms with Crippen LogP contribution in [-0.2, 0) is 16.6 Å². The predicted octanol–water partition coefficient (Wildman–Crippen LogP) is 2.56. The summed E-state index contributed by atoms with van der Waals surface area (Å²) in [5, 5.41) is 4.27. The van der Waals surface area contributed by atoms with E-state index in [1.54, 1.807) is 18.5 Å². The van der Waals surface area contributed by atoms with Crippen molar-refractivity contribution in [1.82, 2.24) is 14.5 Å². The van der Waals surface area contributed by atoms with E-state index in [-0.39, 0.29) is 10.9 Å². The fraction of sp³-hybridized carbons (Fsp3) is 0.400. The molecule has 2 aromatic rings. The quantitative estimate of drug-likeness (QED) is 0.923. The van der Waals surface area contributed by atoms with Crippen LogP contribution in [0.15, 0.2) is 35.2 Å². The van der Waals surface area contributed by atoms with Crippen LogP contribution in [0.2, 0.25) is 0 Å². The van der Waals surface area contributed by atoms with E-state index in [0.717, 1.165) is 5.56 Å². The maximum atomic E-state index is 12.6. The Balaban J connectivity index is 2.33. The normalized spacial score (nSPS) is 13.3. The van der Waals surface area contributed by atoms with Gasteiger partial charge in [-0.05, 0) is 33.3 Å².